The highest BCUT2D eigenvalue weighted by molar-refractivity contribution is 7.89. The van der Waals surface area contributed by atoms with Gasteiger partial charge >= 0.3 is 0 Å². The lowest BCUT2D eigenvalue weighted by atomic mass is 10.0. The molecule has 1 aliphatic rings. The molecule has 7 nitrogen and oxygen atoms in total. The standard InChI is InChI=1S/C20H22FN5O2S.ClH/c21-16(9-10-22)14-26-19-8-4-7-18(20(19)23-24-26)15-5-3-6-17(13-15)29(27,28)25-11-1-2-12-25;/h3-9,13H,1-2,10-12,14,22H2;1H/b16-9-;. The minimum absolute atomic E-state index is 0. The van der Waals surface area contributed by atoms with E-state index in [1.807, 2.05) is 18.2 Å². The SMILES string of the molecule is Cl.NC/C=C(\F)Cn1nnc2c(-c3cccc(S(=O)(=O)N4CCCC4)c3)cccc21. The second-order valence-corrected chi connectivity index (χ2v) is 8.88. The lowest BCUT2D eigenvalue weighted by molar-refractivity contribution is 0.477. The van der Waals surface area contributed by atoms with Gasteiger partial charge in [-0.15, -0.1) is 17.5 Å². The molecule has 160 valence electrons. The van der Waals surface area contributed by atoms with E-state index in [0.29, 0.717) is 24.1 Å². The second kappa shape index (κ2) is 9.22. The molecule has 2 N–H and O–H groups in total. The normalized spacial score (nSPS) is 15.5. The Morgan fingerprint density at radius 2 is 1.90 bits per heavy atom. The first kappa shape index (κ1) is 22.4. The average molecular weight is 452 g/mol. The van der Waals surface area contributed by atoms with Crippen molar-refractivity contribution in [1.29, 1.82) is 0 Å². The Kier molecular flexibility index (Phi) is 6.87. The molecule has 0 atom stereocenters. The number of nitrogens with zero attached hydrogens (tertiary/aromatic N) is 4. The summed E-state index contributed by atoms with van der Waals surface area (Å²) in [6.45, 7) is 1.17. The first-order valence-electron chi connectivity index (χ1n) is 9.48. The Balaban J connectivity index is 0.00000256. The van der Waals surface area contributed by atoms with Crippen LogP contribution in [0, 0.1) is 0 Å². The molecule has 3 aromatic rings. The van der Waals surface area contributed by atoms with Crippen LogP contribution < -0.4 is 5.73 Å². The van der Waals surface area contributed by atoms with Gasteiger partial charge in [-0.05, 0) is 42.7 Å². The number of allylic oxidation sites excluding steroid dienone is 1. The number of sulfonamides is 1. The summed E-state index contributed by atoms with van der Waals surface area (Å²) in [4.78, 5) is 0.262. The van der Waals surface area contributed by atoms with Crippen molar-refractivity contribution in [3.8, 4) is 11.1 Å². The van der Waals surface area contributed by atoms with Crippen LogP contribution in [0.25, 0.3) is 22.2 Å². The predicted octanol–water partition coefficient (Wildman–Crippen LogP) is 3.12. The number of fused-ring (bicyclic) bond motifs is 1. The third-order valence-electron chi connectivity index (χ3n) is 5.03. The molecule has 1 aromatic heterocycles. The number of aromatic nitrogens is 3. The van der Waals surface area contributed by atoms with Crippen LogP contribution in [0.2, 0.25) is 0 Å². The van der Waals surface area contributed by atoms with E-state index in [1.165, 1.54) is 15.1 Å². The molecule has 0 radical (unpaired) electrons. The highest BCUT2D eigenvalue weighted by Gasteiger charge is 2.27. The van der Waals surface area contributed by atoms with Crippen molar-refractivity contribution in [2.24, 2.45) is 5.73 Å². The van der Waals surface area contributed by atoms with Crippen LogP contribution in [0.4, 0.5) is 4.39 Å². The third kappa shape index (κ3) is 4.24. The van der Waals surface area contributed by atoms with Gasteiger partial charge in [-0.3, -0.25) is 0 Å². The van der Waals surface area contributed by atoms with Crippen LogP contribution in [0.5, 0.6) is 0 Å². The van der Waals surface area contributed by atoms with Gasteiger partial charge in [0.25, 0.3) is 0 Å². The Labute approximate surface area is 180 Å². The second-order valence-electron chi connectivity index (χ2n) is 6.95. The van der Waals surface area contributed by atoms with Gasteiger partial charge in [0, 0.05) is 25.2 Å². The van der Waals surface area contributed by atoms with Crippen molar-refractivity contribution >= 4 is 33.5 Å². The number of hydrogen-bond donors (Lipinski definition) is 1. The van der Waals surface area contributed by atoms with E-state index >= 15 is 0 Å². The third-order valence-corrected chi connectivity index (χ3v) is 6.93. The Bertz CT molecular complexity index is 1170. The van der Waals surface area contributed by atoms with Gasteiger partial charge in [0.2, 0.25) is 10.0 Å². The monoisotopic (exact) mass is 451 g/mol. The van der Waals surface area contributed by atoms with Crippen molar-refractivity contribution in [3.05, 3.63) is 54.4 Å². The first-order valence-corrected chi connectivity index (χ1v) is 10.9. The summed E-state index contributed by atoms with van der Waals surface area (Å²) in [6.07, 6.45) is 3.07. The minimum atomic E-state index is -3.52. The Morgan fingerprint density at radius 3 is 2.63 bits per heavy atom. The van der Waals surface area contributed by atoms with Crippen LogP contribution in [0.1, 0.15) is 12.8 Å². The Morgan fingerprint density at radius 1 is 1.17 bits per heavy atom. The molecule has 10 heteroatoms. The van der Waals surface area contributed by atoms with Crippen molar-refractivity contribution < 1.29 is 12.8 Å². The van der Waals surface area contributed by atoms with Gasteiger partial charge in [0.1, 0.15) is 11.3 Å². The van der Waals surface area contributed by atoms with E-state index in [1.54, 1.807) is 24.3 Å². The molecule has 2 heterocycles. The summed E-state index contributed by atoms with van der Waals surface area (Å²) in [5, 5.41) is 8.26. The molecule has 4 rings (SSSR count). The quantitative estimate of drug-likeness (QED) is 0.621. The summed E-state index contributed by atoms with van der Waals surface area (Å²) >= 11 is 0. The first-order chi connectivity index (χ1) is 14.0. The van der Waals surface area contributed by atoms with Crippen LogP contribution in [0.15, 0.2) is 59.3 Å². The maximum Gasteiger partial charge on any atom is 0.243 e. The number of nitrogens with two attached hydrogens (primary N) is 1. The summed E-state index contributed by atoms with van der Waals surface area (Å²) in [7, 11) is -3.52. The molecular weight excluding hydrogens is 429 g/mol. The minimum Gasteiger partial charge on any atom is -0.327 e. The Hall–Kier alpha value is -2.33. The predicted molar refractivity (Wildman–Crippen MR) is 116 cm³/mol. The van der Waals surface area contributed by atoms with Crippen molar-refractivity contribution in [1.82, 2.24) is 19.3 Å². The molecule has 2 aromatic carbocycles. The molecule has 0 bridgehead atoms. The van der Waals surface area contributed by atoms with Gasteiger partial charge < -0.3 is 5.73 Å². The lowest BCUT2D eigenvalue weighted by Crippen LogP contribution is -2.27. The molecule has 0 saturated carbocycles. The zero-order valence-corrected chi connectivity index (χ0v) is 17.9. The summed E-state index contributed by atoms with van der Waals surface area (Å²) in [5.41, 5.74) is 8.07. The van der Waals surface area contributed by atoms with Crippen LogP contribution in [0.3, 0.4) is 0 Å². The lowest BCUT2D eigenvalue weighted by Gasteiger charge is -2.16. The fraction of sp³-hybridized carbons (Fsp3) is 0.300. The summed E-state index contributed by atoms with van der Waals surface area (Å²) < 4.78 is 42.7. The largest absolute Gasteiger partial charge is 0.327 e. The maximum absolute atomic E-state index is 13.9. The van der Waals surface area contributed by atoms with Gasteiger partial charge in [-0.2, -0.15) is 4.31 Å². The summed E-state index contributed by atoms with van der Waals surface area (Å²) in [6, 6.07) is 12.3. The maximum atomic E-state index is 13.9. The molecular formula is C20H23ClFN5O2S. The van der Waals surface area contributed by atoms with Gasteiger partial charge in [0.05, 0.1) is 17.0 Å². The molecule has 30 heavy (non-hydrogen) atoms. The zero-order valence-electron chi connectivity index (χ0n) is 16.2. The highest BCUT2D eigenvalue weighted by atomic mass is 35.5. The molecule has 1 aliphatic heterocycles. The number of benzene rings is 2. The fourth-order valence-electron chi connectivity index (χ4n) is 3.58. The molecule has 0 unspecified atom stereocenters. The topological polar surface area (TPSA) is 94.1 Å². The van der Waals surface area contributed by atoms with Crippen LogP contribution in [-0.4, -0.2) is 47.4 Å². The highest BCUT2D eigenvalue weighted by Crippen LogP contribution is 2.30. The van der Waals surface area contributed by atoms with Crippen molar-refractivity contribution in [2.75, 3.05) is 19.6 Å². The molecule has 0 amide bonds. The molecule has 1 fully saturated rings. The van der Waals surface area contributed by atoms with Gasteiger partial charge in [-0.25, -0.2) is 17.5 Å². The average Bonchev–Trinajstić information content (AvgIpc) is 3.39. The zero-order chi connectivity index (χ0) is 20.4. The van der Waals surface area contributed by atoms with Gasteiger partial charge in [0.15, 0.2) is 0 Å². The van der Waals surface area contributed by atoms with E-state index in [-0.39, 0.29) is 36.2 Å². The van der Waals surface area contributed by atoms with E-state index in [0.717, 1.165) is 24.0 Å². The number of hydrogen-bond acceptors (Lipinski definition) is 5. The summed E-state index contributed by atoms with van der Waals surface area (Å²) in [5.74, 6) is -0.386. The molecule has 0 aliphatic carbocycles. The van der Waals surface area contributed by atoms with E-state index < -0.39 is 10.0 Å². The van der Waals surface area contributed by atoms with Crippen LogP contribution in [-0.2, 0) is 16.6 Å². The number of halogens is 2. The van der Waals surface area contributed by atoms with Crippen molar-refractivity contribution in [2.45, 2.75) is 24.3 Å². The van der Waals surface area contributed by atoms with E-state index in [9.17, 15) is 12.8 Å². The van der Waals surface area contributed by atoms with Crippen molar-refractivity contribution in [3.63, 3.8) is 0 Å². The smallest absolute Gasteiger partial charge is 0.243 e. The van der Waals surface area contributed by atoms with Crippen LogP contribution >= 0.6 is 12.4 Å². The van der Waals surface area contributed by atoms with E-state index in [2.05, 4.69) is 10.3 Å². The molecule has 1 saturated heterocycles. The number of rotatable bonds is 6. The van der Waals surface area contributed by atoms with E-state index in [4.69, 9.17) is 5.73 Å². The van der Waals surface area contributed by atoms with Gasteiger partial charge in [-0.1, -0.05) is 29.5 Å². The fourth-order valence-corrected chi connectivity index (χ4v) is 5.14. The molecule has 0 spiro atoms.